The van der Waals surface area contributed by atoms with Crippen molar-refractivity contribution in [2.24, 2.45) is 0 Å². The zero-order valence-electron chi connectivity index (χ0n) is 9.29. The molecular formula is C11H17N3O. The van der Waals surface area contributed by atoms with Crippen LogP contribution in [0.4, 0.5) is 0 Å². The van der Waals surface area contributed by atoms with E-state index in [2.05, 4.69) is 22.2 Å². The Bertz CT molecular complexity index is 335. The van der Waals surface area contributed by atoms with E-state index in [0.29, 0.717) is 6.04 Å². The van der Waals surface area contributed by atoms with Crippen molar-refractivity contribution in [1.29, 1.82) is 0 Å². The van der Waals surface area contributed by atoms with Gasteiger partial charge in [-0.1, -0.05) is 0 Å². The van der Waals surface area contributed by atoms with Crippen molar-refractivity contribution < 1.29 is 4.74 Å². The van der Waals surface area contributed by atoms with E-state index in [9.17, 15) is 0 Å². The Hall–Kier alpha value is -1.00. The number of rotatable bonds is 2. The maximum atomic E-state index is 5.42. The topological polar surface area (TPSA) is 47.0 Å². The number of nitrogens with zero attached hydrogens (tertiary/aromatic N) is 2. The van der Waals surface area contributed by atoms with E-state index in [4.69, 9.17) is 4.74 Å². The molecule has 2 rings (SSSR count). The van der Waals surface area contributed by atoms with E-state index in [1.165, 1.54) is 5.56 Å². The van der Waals surface area contributed by atoms with Crippen LogP contribution in [0, 0.1) is 13.8 Å². The van der Waals surface area contributed by atoms with Crippen LogP contribution >= 0.6 is 0 Å². The molecule has 0 saturated carbocycles. The zero-order valence-corrected chi connectivity index (χ0v) is 9.29. The van der Waals surface area contributed by atoms with Gasteiger partial charge >= 0.3 is 0 Å². The quantitative estimate of drug-likeness (QED) is 0.772. The predicted octanol–water partition coefficient (Wildman–Crippen LogP) is 0.624. The number of hydrogen-bond donors (Lipinski definition) is 1. The SMILES string of the molecule is Cc1ncnc(CC2COCCN2)c1C. The lowest BCUT2D eigenvalue weighted by Crippen LogP contribution is -2.42. The molecular weight excluding hydrogens is 190 g/mol. The van der Waals surface area contributed by atoms with Crippen molar-refractivity contribution in [1.82, 2.24) is 15.3 Å². The highest BCUT2D eigenvalue weighted by Gasteiger charge is 2.15. The van der Waals surface area contributed by atoms with Gasteiger partial charge in [-0.15, -0.1) is 0 Å². The second kappa shape index (κ2) is 4.68. The Morgan fingerprint density at radius 2 is 2.33 bits per heavy atom. The molecule has 0 bridgehead atoms. The van der Waals surface area contributed by atoms with Crippen molar-refractivity contribution in [2.75, 3.05) is 19.8 Å². The second-order valence-corrected chi connectivity index (χ2v) is 3.96. The molecule has 1 aromatic rings. The molecule has 1 aliphatic rings. The third-order valence-corrected chi connectivity index (χ3v) is 2.88. The maximum Gasteiger partial charge on any atom is 0.115 e. The smallest absolute Gasteiger partial charge is 0.115 e. The van der Waals surface area contributed by atoms with Gasteiger partial charge in [-0.2, -0.15) is 0 Å². The van der Waals surface area contributed by atoms with Gasteiger partial charge in [-0.05, 0) is 19.4 Å². The summed E-state index contributed by atoms with van der Waals surface area (Å²) in [6.07, 6.45) is 2.57. The number of nitrogens with one attached hydrogen (secondary N) is 1. The first-order valence-electron chi connectivity index (χ1n) is 5.35. The molecule has 1 atom stereocenters. The summed E-state index contributed by atoms with van der Waals surface area (Å²) in [6.45, 7) is 6.63. The molecule has 1 N–H and O–H groups in total. The fourth-order valence-electron chi connectivity index (χ4n) is 1.78. The average molecular weight is 207 g/mol. The maximum absolute atomic E-state index is 5.42. The highest BCUT2D eigenvalue weighted by atomic mass is 16.5. The summed E-state index contributed by atoms with van der Waals surface area (Å²) in [4.78, 5) is 8.50. The van der Waals surface area contributed by atoms with Gasteiger partial charge in [0.25, 0.3) is 0 Å². The first kappa shape index (κ1) is 10.5. The van der Waals surface area contributed by atoms with Crippen molar-refractivity contribution >= 4 is 0 Å². The molecule has 0 amide bonds. The van der Waals surface area contributed by atoms with Crippen molar-refractivity contribution in [3.63, 3.8) is 0 Å². The summed E-state index contributed by atoms with van der Waals surface area (Å²) in [6, 6.07) is 0.395. The molecule has 0 aliphatic carbocycles. The van der Waals surface area contributed by atoms with Gasteiger partial charge in [0.05, 0.1) is 13.2 Å². The molecule has 4 nitrogen and oxygen atoms in total. The van der Waals surface area contributed by atoms with Gasteiger partial charge in [-0.3, -0.25) is 0 Å². The normalized spacial score (nSPS) is 21.6. The number of aryl methyl sites for hydroxylation is 1. The summed E-state index contributed by atoms with van der Waals surface area (Å²) in [5, 5.41) is 3.43. The van der Waals surface area contributed by atoms with Crippen LogP contribution in [0.25, 0.3) is 0 Å². The molecule has 4 heteroatoms. The minimum Gasteiger partial charge on any atom is -0.379 e. The standard InChI is InChI=1S/C11H17N3O/c1-8-9(2)13-7-14-11(8)5-10-6-15-4-3-12-10/h7,10,12H,3-6H2,1-2H3. The van der Waals surface area contributed by atoms with Crippen LogP contribution in [-0.2, 0) is 11.2 Å². The number of ether oxygens (including phenoxy) is 1. The highest BCUT2D eigenvalue weighted by Crippen LogP contribution is 2.10. The van der Waals surface area contributed by atoms with Crippen molar-refractivity contribution in [2.45, 2.75) is 26.3 Å². The zero-order chi connectivity index (χ0) is 10.7. The molecule has 2 heterocycles. The summed E-state index contributed by atoms with van der Waals surface area (Å²) in [5.41, 5.74) is 3.40. The van der Waals surface area contributed by atoms with E-state index < -0.39 is 0 Å². The number of morpholine rings is 1. The van der Waals surface area contributed by atoms with Crippen LogP contribution in [0.15, 0.2) is 6.33 Å². The predicted molar refractivity (Wildman–Crippen MR) is 57.8 cm³/mol. The Labute approximate surface area is 90.1 Å². The van der Waals surface area contributed by atoms with E-state index in [1.54, 1.807) is 6.33 Å². The molecule has 1 fully saturated rings. The molecule has 0 spiro atoms. The van der Waals surface area contributed by atoms with Gasteiger partial charge in [-0.25, -0.2) is 9.97 Å². The molecule has 1 aromatic heterocycles. The molecule has 1 aliphatic heterocycles. The van der Waals surface area contributed by atoms with E-state index in [0.717, 1.165) is 37.6 Å². The van der Waals surface area contributed by atoms with Crippen LogP contribution in [0.1, 0.15) is 17.0 Å². The van der Waals surface area contributed by atoms with Gasteiger partial charge in [0, 0.05) is 30.4 Å². The Morgan fingerprint density at radius 1 is 1.47 bits per heavy atom. The molecule has 1 saturated heterocycles. The molecule has 82 valence electrons. The largest absolute Gasteiger partial charge is 0.379 e. The van der Waals surface area contributed by atoms with Crippen molar-refractivity contribution in [3.05, 3.63) is 23.3 Å². The average Bonchev–Trinajstić information content (AvgIpc) is 2.26. The monoisotopic (exact) mass is 207 g/mol. The van der Waals surface area contributed by atoms with Gasteiger partial charge in [0.15, 0.2) is 0 Å². The van der Waals surface area contributed by atoms with E-state index in [-0.39, 0.29) is 0 Å². The number of hydrogen-bond acceptors (Lipinski definition) is 4. The fourth-order valence-corrected chi connectivity index (χ4v) is 1.78. The van der Waals surface area contributed by atoms with Crippen LogP contribution < -0.4 is 5.32 Å². The third kappa shape index (κ3) is 2.52. The van der Waals surface area contributed by atoms with Gasteiger partial charge in [0.1, 0.15) is 6.33 Å². The lowest BCUT2D eigenvalue weighted by molar-refractivity contribution is 0.0766. The minimum atomic E-state index is 0.395. The molecule has 1 unspecified atom stereocenters. The molecule has 15 heavy (non-hydrogen) atoms. The van der Waals surface area contributed by atoms with E-state index in [1.807, 2.05) is 6.92 Å². The Kier molecular flexibility index (Phi) is 3.28. The van der Waals surface area contributed by atoms with Crippen LogP contribution in [-0.4, -0.2) is 35.8 Å². The van der Waals surface area contributed by atoms with Crippen LogP contribution in [0.2, 0.25) is 0 Å². The lowest BCUT2D eigenvalue weighted by atomic mass is 10.1. The van der Waals surface area contributed by atoms with E-state index >= 15 is 0 Å². The number of aromatic nitrogens is 2. The Morgan fingerprint density at radius 3 is 3.07 bits per heavy atom. The van der Waals surface area contributed by atoms with Crippen molar-refractivity contribution in [3.8, 4) is 0 Å². The van der Waals surface area contributed by atoms with Crippen LogP contribution in [0.5, 0.6) is 0 Å². The summed E-state index contributed by atoms with van der Waals surface area (Å²) < 4.78 is 5.42. The first-order valence-corrected chi connectivity index (χ1v) is 5.35. The molecule has 0 aromatic carbocycles. The van der Waals surface area contributed by atoms with Gasteiger partial charge < -0.3 is 10.1 Å². The van der Waals surface area contributed by atoms with Gasteiger partial charge in [0.2, 0.25) is 0 Å². The molecule has 0 radical (unpaired) electrons. The fraction of sp³-hybridized carbons (Fsp3) is 0.636. The summed E-state index contributed by atoms with van der Waals surface area (Å²) >= 11 is 0. The first-order chi connectivity index (χ1) is 7.27. The third-order valence-electron chi connectivity index (χ3n) is 2.88. The minimum absolute atomic E-state index is 0.395. The second-order valence-electron chi connectivity index (χ2n) is 3.96. The Balaban J connectivity index is 2.06. The van der Waals surface area contributed by atoms with Crippen LogP contribution in [0.3, 0.4) is 0 Å². The summed E-state index contributed by atoms with van der Waals surface area (Å²) in [5.74, 6) is 0. The lowest BCUT2D eigenvalue weighted by Gasteiger charge is -2.24. The highest BCUT2D eigenvalue weighted by molar-refractivity contribution is 5.22. The summed E-state index contributed by atoms with van der Waals surface area (Å²) in [7, 11) is 0.